The summed E-state index contributed by atoms with van der Waals surface area (Å²) in [4.78, 5) is 33.7. The molecule has 0 spiro atoms. The molecule has 0 bridgehead atoms. The van der Waals surface area contributed by atoms with Crippen molar-refractivity contribution in [1.29, 1.82) is 0 Å². The van der Waals surface area contributed by atoms with Crippen LogP contribution >= 0.6 is 0 Å². The zero-order chi connectivity index (χ0) is 27.8. The Morgan fingerprint density at radius 3 is 2.49 bits per heavy atom. The van der Waals surface area contributed by atoms with E-state index < -0.39 is 12.0 Å². The van der Waals surface area contributed by atoms with E-state index in [9.17, 15) is 9.59 Å². The van der Waals surface area contributed by atoms with Crippen LogP contribution in [0.4, 0.5) is 0 Å². The Morgan fingerprint density at radius 1 is 1.03 bits per heavy atom. The fourth-order valence-electron chi connectivity index (χ4n) is 4.78. The maximum atomic E-state index is 12.6. The second-order valence-electron chi connectivity index (χ2n) is 9.16. The second kappa shape index (κ2) is 12.9. The van der Waals surface area contributed by atoms with Crippen LogP contribution in [-0.2, 0) is 27.2 Å². The summed E-state index contributed by atoms with van der Waals surface area (Å²) in [6.45, 7) is 1.49. The number of rotatable bonds is 12. The molecule has 0 aliphatic carbocycles. The van der Waals surface area contributed by atoms with E-state index in [1.807, 2.05) is 36.4 Å². The first-order valence-electron chi connectivity index (χ1n) is 12.8. The molecular formula is C29H34N6O4. The van der Waals surface area contributed by atoms with Gasteiger partial charge < -0.3 is 30.8 Å². The van der Waals surface area contributed by atoms with E-state index in [0.717, 1.165) is 33.1 Å². The number of hydrogen-bond donors (Lipinski definition) is 3. The number of fused-ring (bicyclic) bond motifs is 3. The van der Waals surface area contributed by atoms with Gasteiger partial charge in [-0.3, -0.25) is 9.79 Å². The van der Waals surface area contributed by atoms with E-state index >= 15 is 0 Å². The van der Waals surface area contributed by atoms with Gasteiger partial charge in [0.15, 0.2) is 5.96 Å². The summed E-state index contributed by atoms with van der Waals surface area (Å²) >= 11 is 0. The molecule has 2 aromatic carbocycles. The molecule has 4 aromatic rings. The van der Waals surface area contributed by atoms with Crippen LogP contribution in [0.5, 0.6) is 0 Å². The average Bonchev–Trinajstić information content (AvgIpc) is 3.27. The summed E-state index contributed by atoms with van der Waals surface area (Å²) in [6.07, 6.45) is 1.58. The molecule has 0 fully saturated rings. The molecule has 4 rings (SSSR count). The lowest BCUT2D eigenvalue weighted by Gasteiger charge is -2.17. The quantitative estimate of drug-likeness (QED) is 0.110. The van der Waals surface area contributed by atoms with Crippen LogP contribution in [0.25, 0.3) is 21.8 Å². The first-order valence-corrected chi connectivity index (χ1v) is 12.8. The molecule has 1 atom stereocenters. The number of carbonyl (C=O) groups excluding carboxylic acids is 2. The van der Waals surface area contributed by atoms with E-state index in [1.165, 1.54) is 14.2 Å². The minimum atomic E-state index is -0.529. The van der Waals surface area contributed by atoms with Gasteiger partial charge in [-0.15, -0.1) is 0 Å². The van der Waals surface area contributed by atoms with Crippen molar-refractivity contribution in [3.8, 4) is 0 Å². The third-order valence-corrected chi connectivity index (χ3v) is 6.58. The largest absolute Gasteiger partial charge is 0.468 e. The Morgan fingerprint density at radius 2 is 1.77 bits per heavy atom. The first kappa shape index (κ1) is 27.6. The van der Waals surface area contributed by atoms with Gasteiger partial charge in [0.05, 0.1) is 25.4 Å². The Kier molecular flexibility index (Phi) is 9.11. The third-order valence-electron chi connectivity index (χ3n) is 6.58. The zero-order valence-electron chi connectivity index (χ0n) is 22.2. The predicted octanol–water partition coefficient (Wildman–Crippen LogP) is 2.75. The van der Waals surface area contributed by atoms with Gasteiger partial charge in [-0.25, -0.2) is 9.78 Å². The summed E-state index contributed by atoms with van der Waals surface area (Å²) < 4.78 is 12.2. The lowest BCUT2D eigenvalue weighted by molar-refractivity contribution is -0.143. The highest BCUT2D eigenvalue weighted by Gasteiger charge is 2.21. The average molecular weight is 531 g/mol. The van der Waals surface area contributed by atoms with E-state index in [4.69, 9.17) is 25.9 Å². The minimum Gasteiger partial charge on any atom is -0.468 e. The number of benzene rings is 2. The number of hydrogen-bond acceptors (Lipinski definition) is 7. The number of pyridine rings is 1. The van der Waals surface area contributed by atoms with Crippen molar-refractivity contribution >= 4 is 39.7 Å². The number of esters is 2. The molecular weight excluding hydrogens is 496 g/mol. The van der Waals surface area contributed by atoms with Crippen molar-refractivity contribution in [2.24, 2.45) is 16.5 Å². The SMILES string of the molecule is COC(=O)c1cc2c3ccccc3n(Cc3ccccc3)c2c(CCN[C@@H](CCCN=C(N)N)C(=O)OC)n1. The molecule has 0 aliphatic heterocycles. The van der Waals surface area contributed by atoms with Gasteiger partial charge in [-0.2, -0.15) is 0 Å². The minimum absolute atomic E-state index is 0.0176. The number of guanidine groups is 1. The third kappa shape index (κ3) is 6.53. The van der Waals surface area contributed by atoms with Crippen LogP contribution in [0.1, 0.15) is 34.6 Å². The topological polar surface area (TPSA) is 147 Å². The number of para-hydroxylation sites is 1. The molecule has 0 unspecified atom stereocenters. The highest BCUT2D eigenvalue weighted by atomic mass is 16.5. The van der Waals surface area contributed by atoms with Crippen LogP contribution in [-0.4, -0.2) is 60.8 Å². The summed E-state index contributed by atoms with van der Waals surface area (Å²) in [5.41, 5.74) is 14.9. The van der Waals surface area contributed by atoms with Crippen molar-refractivity contribution in [2.75, 3.05) is 27.3 Å². The molecule has 0 amide bonds. The normalized spacial score (nSPS) is 11.8. The smallest absolute Gasteiger partial charge is 0.356 e. The van der Waals surface area contributed by atoms with Crippen LogP contribution in [0.2, 0.25) is 0 Å². The number of aliphatic imine (C=N–C) groups is 1. The van der Waals surface area contributed by atoms with Gasteiger partial charge in [-0.1, -0.05) is 48.5 Å². The van der Waals surface area contributed by atoms with E-state index in [2.05, 4.69) is 33.1 Å². The molecule has 0 saturated heterocycles. The monoisotopic (exact) mass is 530 g/mol. The number of ether oxygens (including phenoxy) is 2. The molecule has 0 aliphatic rings. The summed E-state index contributed by atoms with van der Waals surface area (Å²) in [7, 11) is 2.71. The van der Waals surface area contributed by atoms with Gasteiger partial charge >= 0.3 is 11.9 Å². The fraction of sp³-hybridized carbons (Fsp3) is 0.310. The highest BCUT2D eigenvalue weighted by molar-refractivity contribution is 6.10. The van der Waals surface area contributed by atoms with Gasteiger partial charge in [0.2, 0.25) is 0 Å². The standard InChI is InChI=1S/C29H34N6O4/c1-38-27(36)23(12-8-15-33-29(30)31)32-16-14-22-26-21(17-24(34-22)28(37)39-2)20-11-6-7-13-25(20)35(26)18-19-9-4-3-5-10-19/h3-7,9-11,13,17,23,32H,8,12,14-16,18H2,1-2H3,(H4,30,31,33)/t23-/m0/s1. The van der Waals surface area contributed by atoms with Crippen LogP contribution in [0.15, 0.2) is 65.7 Å². The van der Waals surface area contributed by atoms with Gasteiger partial charge in [0.1, 0.15) is 11.7 Å². The molecule has 39 heavy (non-hydrogen) atoms. The molecule has 2 heterocycles. The first-order chi connectivity index (χ1) is 18.9. The van der Waals surface area contributed by atoms with Gasteiger partial charge in [0.25, 0.3) is 0 Å². The maximum absolute atomic E-state index is 12.6. The van der Waals surface area contributed by atoms with Crippen molar-refractivity contribution in [2.45, 2.75) is 31.8 Å². The van der Waals surface area contributed by atoms with Crippen molar-refractivity contribution in [3.63, 3.8) is 0 Å². The zero-order valence-corrected chi connectivity index (χ0v) is 22.2. The number of nitrogens with zero attached hydrogens (tertiary/aromatic N) is 3. The van der Waals surface area contributed by atoms with Crippen LogP contribution < -0.4 is 16.8 Å². The summed E-state index contributed by atoms with van der Waals surface area (Å²) in [5.74, 6) is -0.846. The van der Waals surface area contributed by atoms with E-state index in [0.29, 0.717) is 38.9 Å². The number of nitrogens with one attached hydrogen (secondary N) is 1. The number of methoxy groups -OCH3 is 2. The van der Waals surface area contributed by atoms with Crippen LogP contribution in [0.3, 0.4) is 0 Å². The molecule has 5 N–H and O–H groups in total. The van der Waals surface area contributed by atoms with Crippen molar-refractivity contribution in [3.05, 3.63) is 77.6 Å². The number of nitrogens with two attached hydrogens (primary N) is 2. The highest BCUT2D eigenvalue weighted by Crippen LogP contribution is 2.32. The number of aromatic nitrogens is 2. The van der Waals surface area contributed by atoms with Gasteiger partial charge in [0, 0.05) is 42.3 Å². The van der Waals surface area contributed by atoms with Crippen LogP contribution in [0, 0.1) is 0 Å². The van der Waals surface area contributed by atoms with Gasteiger partial charge in [-0.05, 0) is 30.5 Å². The lowest BCUT2D eigenvalue weighted by Crippen LogP contribution is -2.39. The Labute approximate surface area is 227 Å². The summed E-state index contributed by atoms with van der Waals surface area (Å²) in [5, 5.41) is 5.24. The lowest BCUT2D eigenvalue weighted by atomic mass is 10.1. The summed E-state index contributed by atoms with van der Waals surface area (Å²) in [6, 6.07) is 19.6. The second-order valence-corrected chi connectivity index (χ2v) is 9.16. The Balaban J connectivity index is 1.69. The van der Waals surface area contributed by atoms with Crippen molar-refractivity contribution < 1.29 is 19.1 Å². The fourth-order valence-corrected chi connectivity index (χ4v) is 4.78. The molecule has 0 saturated carbocycles. The number of carbonyl (C=O) groups is 2. The Bertz CT molecular complexity index is 1480. The molecule has 2 aromatic heterocycles. The maximum Gasteiger partial charge on any atom is 0.356 e. The molecule has 0 radical (unpaired) electrons. The van der Waals surface area contributed by atoms with E-state index in [-0.39, 0.29) is 17.6 Å². The van der Waals surface area contributed by atoms with E-state index in [1.54, 1.807) is 6.07 Å². The molecule has 204 valence electrons. The molecule has 10 nitrogen and oxygen atoms in total. The Hall–Kier alpha value is -4.44. The van der Waals surface area contributed by atoms with Crippen molar-refractivity contribution in [1.82, 2.24) is 14.9 Å². The molecule has 10 heteroatoms. The predicted molar refractivity (Wildman–Crippen MR) is 152 cm³/mol.